The van der Waals surface area contributed by atoms with Crippen LogP contribution in [0.2, 0.25) is 0 Å². The van der Waals surface area contributed by atoms with E-state index in [1.807, 2.05) is 0 Å². The van der Waals surface area contributed by atoms with E-state index in [-0.39, 0.29) is 30.8 Å². The van der Waals surface area contributed by atoms with Crippen molar-refractivity contribution < 1.29 is 18.7 Å². The van der Waals surface area contributed by atoms with Gasteiger partial charge >= 0.3 is 5.97 Å². The van der Waals surface area contributed by atoms with E-state index in [1.54, 1.807) is 12.1 Å². The highest BCUT2D eigenvalue weighted by atomic mass is 32.2. The molecule has 1 aromatic carbocycles. The van der Waals surface area contributed by atoms with Crippen molar-refractivity contribution in [1.29, 1.82) is 0 Å². The Morgan fingerprint density at radius 1 is 1.24 bits per heavy atom. The van der Waals surface area contributed by atoms with Gasteiger partial charge in [-0.05, 0) is 42.5 Å². The fraction of sp³-hybridized carbons (Fsp3) is 0.579. The lowest BCUT2D eigenvalue weighted by molar-refractivity contribution is -0.148. The molecule has 1 saturated carbocycles. The summed E-state index contributed by atoms with van der Waals surface area (Å²) in [6, 6.07) is 6.29. The van der Waals surface area contributed by atoms with Crippen LogP contribution in [-0.4, -0.2) is 30.3 Å². The van der Waals surface area contributed by atoms with Crippen molar-refractivity contribution in [2.45, 2.75) is 50.5 Å². The molecule has 2 rings (SSSR count). The molecule has 1 aliphatic carbocycles. The van der Waals surface area contributed by atoms with Gasteiger partial charge in [0.15, 0.2) is 6.61 Å². The van der Waals surface area contributed by atoms with Gasteiger partial charge in [0.1, 0.15) is 5.82 Å². The Bertz CT molecular complexity index is 579. The first-order valence-corrected chi connectivity index (χ1v) is 9.77. The second kappa shape index (κ2) is 9.80. The molecule has 25 heavy (non-hydrogen) atoms. The Labute approximate surface area is 152 Å². The summed E-state index contributed by atoms with van der Waals surface area (Å²) in [6.45, 7) is 4.15. The zero-order valence-electron chi connectivity index (χ0n) is 14.8. The maximum absolute atomic E-state index is 12.8. The normalized spacial score (nSPS) is 23.1. The van der Waals surface area contributed by atoms with Gasteiger partial charge < -0.3 is 10.1 Å². The largest absolute Gasteiger partial charge is 0.456 e. The smallest absolute Gasteiger partial charge is 0.307 e. The van der Waals surface area contributed by atoms with E-state index in [9.17, 15) is 14.0 Å². The van der Waals surface area contributed by atoms with E-state index in [0.29, 0.717) is 17.6 Å². The fourth-order valence-corrected chi connectivity index (χ4v) is 3.87. The number of nitrogens with one attached hydrogen (secondary N) is 1. The summed E-state index contributed by atoms with van der Waals surface area (Å²) in [5, 5.41) is 2.98. The number of halogens is 1. The molecule has 0 saturated heterocycles. The van der Waals surface area contributed by atoms with Crippen molar-refractivity contribution in [1.82, 2.24) is 5.32 Å². The van der Waals surface area contributed by atoms with Crippen LogP contribution in [-0.2, 0) is 14.3 Å². The van der Waals surface area contributed by atoms with Crippen LogP contribution < -0.4 is 5.32 Å². The molecule has 0 aromatic heterocycles. The third-order valence-electron chi connectivity index (χ3n) is 4.81. The Balaban J connectivity index is 1.62. The number of esters is 1. The molecule has 1 N–H and O–H groups in total. The van der Waals surface area contributed by atoms with Crippen molar-refractivity contribution in [3.63, 3.8) is 0 Å². The molecule has 3 atom stereocenters. The van der Waals surface area contributed by atoms with Crippen LogP contribution >= 0.6 is 11.8 Å². The average Bonchev–Trinajstić information content (AvgIpc) is 2.59. The van der Waals surface area contributed by atoms with Gasteiger partial charge in [0, 0.05) is 16.7 Å². The third kappa shape index (κ3) is 6.69. The molecule has 138 valence electrons. The molecule has 0 spiro atoms. The quantitative estimate of drug-likeness (QED) is 0.588. The first-order chi connectivity index (χ1) is 12.0. The first-order valence-electron chi connectivity index (χ1n) is 8.79. The topological polar surface area (TPSA) is 55.4 Å². The van der Waals surface area contributed by atoms with Gasteiger partial charge in [0.2, 0.25) is 0 Å². The molecule has 6 heteroatoms. The van der Waals surface area contributed by atoms with Crippen LogP contribution in [0.5, 0.6) is 0 Å². The van der Waals surface area contributed by atoms with Gasteiger partial charge in [0.25, 0.3) is 5.91 Å². The zero-order valence-corrected chi connectivity index (χ0v) is 15.6. The van der Waals surface area contributed by atoms with E-state index >= 15 is 0 Å². The van der Waals surface area contributed by atoms with Gasteiger partial charge in [-0.15, -0.1) is 11.8 Å². The second-order valence-electron chi connectivity index (χ2n) is 6.65. The molecule has 0 unspecified atom stereocenters. The maximum atomic E-state index is 12.8. The molecule has 1 fully saturated rings. The fourth-order valence-electron chi connectivity index (χ4n) is 3.04. The number of ether oxygens (including phenoxy) is 1. The number of amides is 1. The summed E-state index contributed by atoms with van der Waals surface area (Å²) in [4.78, 5) is 24.6. The van der Waals surface area contributed by atoms with Gasteiger partial charge in [0.05, 0.1) is 6.42 Å². The number of thioether (sulfide) groups is 1. The number of carbonyl (C=O) groups is 2. The summed E-state index contributed by atoms with van der Waals surface area (Å²) in [5.41, 5.74) is 0. The Kier molecular flexibility index (Phi) is 7.75. The van der Waals surface area contributed by atoms with Crippen LogP contribution in [0.25, 0.3) is 0 Å². The highest BCUT2D eigenvalue weighted by molar-refractivity contribution is 7.99. The minimum atomic E-state index is -0.394. The van der Waals surface area contributed by atoms with Crippen LogP contribution in [0.1, 0.15) is 39.5 Å². The lowest BCUT2D eigenvalue weighted by Crippen LogP contribution is -2.45. The summed E-state index contributed by atoms with van der Waals surface area (Å²) >= 11 is 1.45. The van der Waals surface area contributed by atoms with Crippen molar-refractivity contribution in [3.8, 4) is 0 Å². The SMILES string of the molecule is C[C@@H]1[C@@H](C)CCC[C@H]1NC(=O)COC(=O)CCSc1ccc(F)cc1. The van der Waals surface area contributed by atoms with Crippen molar-refractivity contribution in [2.24, 2.45) is 11.8 Å². The Hall–Kier alpha value is -1.56. The van der Waals surface area contributed by atoms with E-state index in [0.717, 1.165) is 17.7 Å². The third-order valence-corrected chi connectivity index (χ3v) is 5.82. The number of rotatable bonds is 7. The molecule has 0 radical (unpaired) electrons. The number of hydrogen-bond acceptors (Lipinski definition) is 4. The molecule has 0 aliphatic heterocycles. The standard InChI is InChI=1S/C19H26FNO3S/c1-13-4-3-5-17(14(13)2)21-18(22)12-24-19(23)10-11-25-16-8-6-15(20)7-9-16/h6-9,13-14,17H,3-5,10-12H2,1-2H3,(H,21,22)/t13-,14+,17+/m0/s1. The molecule has 4 nitrogen and oxygen atoms in total. The molecule has 1 amide bonds. The van der Waals surface area contributed by atoms with Gasteiger partial charge in [-0.3, -0.25) is 9.59 Å². The predicted molar refractivity (Wildman–Crippen MR) is 96.8 cm³/mol. The zero-order chi connectivity index (χ0) is 18.2. The molecular formula is C19H26FNO3S. The van der Waals surface area contributed by atoms with Crippen molar-refractivity contribution in [2.75, 3.05) is 12.4 Å². The summed E-state index contributed by atoms with van der Waals surface area (Å²) < 4.78 is 17.8. The summed E-state index contributed by atoms with van der Waals surface area (Å²) in [7, 11) is 0. The highest BCUT2D eigenvalue weighted by Gasteiger charge is 2.28. The molecule has 1 aromatic rings. The Morgan fingerprint density at radius 2 is 1.96 bits per heavy atom. The van der Waals surface area contributed by atoms with Gasteiger partial charge in [-0.1, -0.05) is 26.7 Å². The van der Waals surface area contributed by atoms with E-state index in [1.165, 1.54) is 30.3 Å². The molecule has 0 heterocycles. The van der Waals surface area contributed by atoms with Crippen LogP contribution in [0.4, 0.5) is 4.39 Å². The minimum absolute atomic E-state index is 0.170. The summed E-state index contributed by atoms with van der Waals surface area (Å²) in [6.07, 6.45) is 3.52. The minimum Gasteiger partial charge on any atom is -0.456 e. The molecular weight excluding hydrogens is 341 g/mol. The highest BCUT2D eigenvalue weighted by Crippen LogP contribution is 2.29. The second-order valence-corrected chi connectivity index (χ2v) is 7.82. The monoisotopic (exact) mass is 367 g/mol. The maximum Gasteiger partial charge on any atom is 0.307 e. The van der Waals surface area contributed by atoms with E-state index in [4.69, 9.17) is 4.74 Å². The number of carbonyl (C=O) groups excluding carboxylic acids is 2. The van der Waals surface area contributed by atoms with Crippen molar-refractivity contribution >= 4 is 23.6 Å². The lowest BCUT2D eigenvalue weighted by atomic mass is 9.78. The van der Waals surface area contributed by atoms with E-state index in [2.05, 4.69) is 19.2 Å². The number of hydrogen-bond donors (Lipinski definition) is 1. The van der Waals surface area contributed by atoms with Gasteiger partial charge in [-0.2, -0.15) is 0 Å². The average molecular weight is 367 g/mol. The van der Waals surface area contributed by atoms with Crippen LogP contribution in [0, 0.1) is 17.7 Å². The molecule has 1 aliphatic rings. The van der Waals surface area contributed by atoms with Crippen LogP contribution in [0.15, 0.2) is 29.2 Å². The molecule has 0 bridgehead atoms. The van der Waals surface area contributed by atoms with Crippen molar-refractivity contribution in [3.05, 3.63) is 30.1 Å². The lowest BCUT2D eigenvalue weighted by Gasteiger charge is -2.34. The Morgan fingerprint density at radius 3 is 2.68 bits per heavy atom. The summed E-state index contributed by atoms with van der Waals surface area (Å²) in [5.74, 6) is 0.672. The van der Waals surface area contributed by atoms with Gasteiger partial charge in [-0.25, -0.2) is 4.39 Å². The van der Waals surface area contributed by atoms with E-state index < -0.39 is 5.97 Å². The first kappa shape index (κ1) is 19.8. The predicted octanol–water partition coefficient (Wildman–Crippen LogP) is 3.79. The number of benzene rings is 1. The van der Waals surface area contributed by atoms with Crippen LogP contribution in [0.3, 0.4) is 0 Å².